The molecule has 0 radical (unpaired) electrons. The molecule has 0 amide bonds. The van der Waals surface area contributed by atoms with Crippen LogP contribution in [-0.2, 0) is 0 Å². The van der Waals surface area contributed by atoms with Crippen LogP contribution in [0.25, 0.3) is 11.0 Å². The van der Waals surface area contributed by atoms with E-state index in [1.165, 1.54) is 0 Å². The van der Waals surface area contributed by atoms with Crippen molar-refractivity contribution in [3.63, 3.8) is 0 Å². The van der Waals surface area contributed by atoms with Crippen LogP contribution in [0.15, 0.2) is 24.4 Å². The van der Waals surface area contributed by atoms with Gasteiger partial charge in [0.2, 0.25) is 5.88 Å². The van der Waals surface area contributed by atoms with Crippen molar-refractivity contribution in [1.82, 2.24) is 9.97 Å². The van der Waals surface area contributed by atoms with Crippen LogP contribution in [0.5, 0.6) is 5.88 Å². The van der Waals surface area contributed by atoms with Crippen LogP contribution in [0.3, 0.4) is 0 Å². The molecule has 0 saturated heterocycles. The van der Waals surface area contributed by atoms with E-state index in [9.17, 15) is 0 Å². The fraction of sp³-hybridized carbons (Fsp3) is 0.200. The van der Waals surface area contributed by atoms with Crippen molar-refractivity contribution < 1.29 is 4.74 Å². The van der Waals surface area contributed by atoms with Gasteiger partial charge in [0.1, 0.15) is 5.52 Å². The molecule has 0 fully saturated rings. The Morgan fingerprint density at radius 2 is 2.36 bits per heavy atom. The third kappa shape index (κ3) is 1.63. The number of halogens is 1. The number of nitrogens with zero attached hydrogens (tertiary/aromatic N) is 2. The monoisotopic (exact) mass is 208 g/mol. The van der Waals surface area contributed by atoms with Gasteiger partial charge in [-0.3, -0.25) is 4.98 Å². The minimum absolute atomic E-state index is 0.540. The SMILES string of the molecule is CCOc1cc(Cl)c2ncccc2n1. The van der Waals surface area contributed by atoms with E-state index in [0.717, 1.165) is 5.52 Å². The van der Waals surface area contributed by atoms with E-state index in [-0.39, 0.29) is 0 Å². The van der Waals surface area contributed by atoms with Crippen molar-refractivity contribution in [2.24, 2.45) is 0 Å². The van der Waals surface area contributed by atoms with Crippen LogP contribution in [-0.4, -0.2) is 16.6 Å². The van der Waals surface area contributed by atoms with Gasteiger partial charge in [-0.05, 0) is 19.1 Å². The third-order valence-electron chi connectivity index (χ3n) is 1.79. The second-order valence-electron chi connectivity index (χ2n) is 2.75. The molecule has 14 heavy (non-hydrogen) atoms. The molecule has 0 aliphatic carbocycles. The zero-order chi connectivity index (χ0) is 9.97. The van der Waals surface area contributed by atoms with Crippen molar-refractivity contribution in [2.75, 3.05) is 6.61 Å². The third-order valence-corrected chi connectivity index (χ3v) is 2.07. The molecule has 0 aromatic carbocycles. The van der Waals surface area contributed by atoms with Gasteiger partial charge in [-0.2, -0.15) is 0 Å². The molecule has 0 unspecified atom stereocenters. The highest BCUT2D eigenvalue weighted by molar-refractivity contribution is 6.34. The first kappa shape index (κ1) is 9.21. The van der Waals surface area contributed by atoms with Crippen LogP contribution in [0, 0.1) is 0 Å². The van der Waals surface area contributed by atoms with E-state index >= 15 is 0 Å². The molecule has 0 aliphatic rings. The summed E-state index contributed by atoms with van der Waals surface area (Å²) in [4.78, 5) is 8.39. The standard InChI is InChI=1S/C10H9ClN2O/c1-2-14-9-6-7(11)10-8(13-9)4-3-5-12-10/h3-6H,2H2,1H3. The Bertz CT molecular complexity index is 459. The molecule has 0 aliphatic heterocycles. The van der Waals surface area contributed by atoms with Crippen LogP contribution in [0.2, 0.25) is 5.02 Å². The van der Waals surface area contributed by atoms with Gasteiger partial charge in [0.05, 0.1) is 17.1 Å². The summed E-state index contributed by atoms with van der Waals surface area (Å²) in [5, 5.41) is 0.569. The number of aromatic nitrogens is 2. The second-order valence-corrected chi connectivity index (χ2v) is 3.15. The fourth-order valence-corrected chi connectivity index (χ4v) is 1.46. The predicted octanol–water partition coefficient (Wildman–Crippen LogP) is 2.68. The maximum Gasteiger partial charge on any atom is 0.215 e. The van der Waals surface area contributed by atoms with Gasteiger partial charge in [-0.15, -0.1) is 0 Å². The van der Waals surface area contributed by atoms with Crippen LogP contribution in [0.1, 0.15) is 6.92 Å². The summed E-state index contributed by atoms with van der Waals surface area (Å²) in [7, 11) is 0. The fourth-order valence-electron chi connectivity index (χ4n) is 1.22. The summed E-state index contributed by atoms with van der Waals surface area (Å²) in [5.74, 6) is 0.540. The molecule has 0 bridgehead atoms. The number of ether oxygens (including phenoxy) is 1. The van der Waals surface area contributed by atoms with Crippen molar-refractivity contribution in [1.29, 1.82) is 0 Å². The van der Waals surface area contributed by atoms with E-state index in [2.05, 4.69) is 9.97 Å². The highest BCUT2D eigenvalue weighted by Crippen LogP contribution is 2.23. The molecule has 0 spiro atoms. The molecule has 0 saturated carbocycles. The minimum atomic E-state index is 0.540. The molecule has 0 atom stereocenters. The first-order chi connectivity index (χ1) is 6.81. The molecular weight excluding hydrogens is 200 g/mol. The Labute approximate surface area is 86.7 Å². The second kappa shape index (κ2) is 3.80. The number of fused-ring (bicyclic) bond motifs is 1. The molecule has 72 valence electrons. The molecule has 0 N–H and O–H groups in total. The van der Waals surface area contributed by atoms with Gasteiger partial charge in [0, 0.05) is 12.3 Å². The lowest BCUT2D eigenvalue weighted by Gasteiger charge is -2.04. The largest absolute Gasteiger partial charge is 0.478 e. The maximum atomic E-state index is 6.02. The summed E-state index contributed by atoms with van der Waals surface area (Å²) in [6.07, 6.45) is 1.69. The number of hydrogen-bond acceptors (Lipinski definition) is 3. The molecular formula is C10H9ClN2O. The number of pyridine rings is 2. The van der Waals surface area contributed by atoms with Gasteiger partial charge in [0.15, 0.2) is 0 Å². The van der Waals surface area contributed by atoms with Gasteiger partial charge in [-0.1, -0.05) is 11.6 Å². The Hall–Kier alpha value is -1.35. The van der Waals surface area contributed by atoms with Crippen molar-refractivity contribution in [2.45, 2.75) is 6.92 Å². The van der Waals surface area contributed by atoms with Gasteiger partial charge in [-0.25, -0.2) is 4.98 Å². The molecule has 2 rings (SSSR count). The summed E-state index contributed by atoms with van der Waals surface area (Å²) < 4.78 is 5.27. The number of hydrogen-bond donors (Lipinski definition) is 0. The topological polar surface area (TPSA) is 35.0 Å². The lowest BCUT2D eigenvalue weighted by molar-refractivity contribution is 0.328. The Balaban J connectivity index is 2.60. The van der Waals surface area contributed by atoms with E-state index < -0.39 is 0 Å². The van der Waals surface area contributed by atoms with Crippen LogP contribution < -0.4 is 4.74 Å². The molecule has 2 heterocycles. The van der Waals surface area contributed by atoms with Gasteiger partial charge >= 0.3 is 0 Å². The minimum Gasteiger partial charge on any atom is -0.478 e. The normalized spacial score (nSPS) is 10.4. The Morgan fingerprint density at radius 1 is 1.50 bits per heavy atom. The zero-order valence-electron chi connectivity index (χ0n) is 7.70. The van der Waals surface area contributed by atoms with Crippen molar-refractivity contribution in [3.05, 3.63) is 29.4 Å². The molecule has 4 heteroatoms. The Morgan fingerprint density at radius 3 is 3.14 bits per heavy atom. The highest BCUT2D eigenvalue weighted by Gasteiger charge is 2.04. The average molecular weight is 209 g/mol. The highest BCUT2D eigenvalue weighted by atomic mass is 35.5. The molecule has 3 nitrogen and oxygen atoms in total. The van der Waals surface area contributed by atoms with E-state index in [1.807, 2.05) is 19.1 Å². The lowest BCUT2D eigenvalue weighted by atomic mass is 10.3. The quantitative estimate of drug-likeness (QED) is 0.761. The predicted molar refractivity (Wildman–Crippen MR) is 55.7 cm³/mol. The van der Waals surface area contributed by atoms with Crippen molar-refractivity contribution >= 4 is 22.6 Å². The van der Waals surface area contributed by atoms with Gasteiger partial charge < -0.3 is 4.74 Å². The molecule has 2 aromatic heterocycles. The zero-order valence-corrected chi connectivity index (χ0v) is 8.45. The summed E-state index contributed by atoms with van der Waals surface area (Å²) in [6.45, 7) is 2.48. The maximum absolute atomic E-state index is 6.02. The van der Waals surface area contributed by atoms with E-state index in [1.54, 1.807) is 12.3 Å². The smallest absolute Gasteiger partial charge is 0.215 e. The summed E-state index contributed by atoms with van der Waals surface area (Å²) >= 11 is 6.02. The lowest BCUT2D eigenvalue weighted by Crippen LogP contribution is -1.95. The van der Waals surface area contributed by atoms with Gasteiger partial charge in [0.25, 0.3) is 0 Å². The van der Waals surface area contributed by atoms with E-state index in [0.29, 0.717) is 23.0 Å². The average Bonchev–Trinajstić information content (AvgIpc) is 2.18. The summed E-state index contributed by atoms with van der Waals surface area (Å²) in [5.41, 5.74) is 1.46. The first-order valence-electron chi connectivity index (χ1n) is 4.35. The van der Waals surface area contributed by atoms with Crippen molar-refractivity contribution in [3.8, 4) is 5.88 Å². The Kier molecular flexibility index (Phi) is 2.50. The first-order valence-corrected chi connectivity index (χ1v) is 4.73. The van der Waals surface area contributed by atoms with E-state index in [4.69, 9.17) is 16.3 Å². The summed E-state index contributed by atoms with van der Waals surface area (Å²) in [6, 6.07) is 5.36. The van der Waals surface area contributed by atoms with Crippen LogP contribution in [0.4, 0.5) is 0 Å². The molecule has 2 aromatic rings. The number of rotatable bonds is 2. The van der Waals surface area contributed by atoms with Crippen LogP contribution >= 0.6 is 11.6 Å².